The molecule has 1 amide bonds. The number of aromatic amines is 1. The number of carbonyl (C=O) groups excluding carboxylic acids is 1. The van der Waals surface area contributed by atoms with Gasteiger partial charge in [0, 0.05) is 12.1 Å². The fourth-order valence-corrected chi connectivity index (χ4v) is 3.55. The Labute approximate surface area is 195 Å². The van der Waals surface area contributed by atoms with Gasteiger partial charge in [-0.3, -0.25) is 19.1 Å². The van der Waals surface area contributed by atoms with Gasteiger partial charge in [-0.1, -0.05) is 67.4 Å². The van der Waals surface area contributed by atoms with Crippen LogP contribution in [0.1, 0.15) is 36.2 Å². The molecule has 3 N–H and O–H groups in total. The lowest BCUT2D eigenvalue weighted by molar-refractivity contribution is 0.0985. The first-order valence-electron chi connectivity index (χ1n) is 10.1. The average molecular weight is 475 g/mol. The molecular formula is C23H24Cl2N4O3. The summed E-state index contributed by atoms with van der Waals surface area (Å²) in [5.74, 6) is -0.291. The van der Waals surface area contributed by atoms with E-state index in [0.717, 1.165) is 5.56 Å². The molecule has 32 heavy (non-hydrogen) atoms. The zero-order valence-corrected chi connectivity index (χ0v) is 19.3. The van der Waals surface area contributed by atoms with Crippen molar-refractivity contribution in [2.45, 2.75) is 26.8 Å². The molecule has 0 atom stereocenters. The highest BCUT2D eigenvalue weighted by Crippen LogP contribution is 2.26. The van der Waals surface area contributed by atoms with Gasteiger partial charge in [0.1, 0.15) is 5.82 Å². The number of hydrogen-bond donors (Lipinski definition) is 2. The van der Waals surface area contributed by atoms with Gasteiger partial charge in [0.25, 0.3) is 11.5 Å². The first-order valence-corrected chi connectivity index (χ1v) is 10.9. The molecule has 0 aliphatic rings. The van der Waals surface area contributed by atoms with Crippen LogP contribution in [0.4, 0.5) is 11.5 Å². The Morgan fingerprint density at radius 1 is 1.09 bits per heavy atom. The molecule has 7 nitrogen and oxygen atoms in total. The minimum Gasteiger partial charge on any atom is -0.383 e. The van der Waals surface area contributed by atoms with Crippen LogP contribution in [0.3, 0.4) is 0 Å². The number of anilines is 2. The molecule has 2 aromatic carbocycles. The summed E-state index contributed by atoms with van der Waals surface area (Å²) in [7, 11) is 0. The number of H-pyrrole nitrogens is 1. The van der Waals surface area contributed by atoms with Crippen LogP contribution >= 0.6 is 23.2 Å². The highest BCUT2D eigenvalue weighted by Gasteiger charge is 2.26. The molecule has 1 heterocycles. The normalized spacial score (nSPS) is 11.0. The Morgan fingerprint density at radius 3 is 2.41 bits per heavy atom. The fourth-order valence-electron chi connectivity index (χ4n) is 3.25. The number of halogens is 2. The van der Waals surface area contributed by atoms with E-state index in [2.05, 4.69) is 4.98 Å². The standard InChI is InChI=1S/C23H24Cl2N4O3/c1-14(2)10-11-28(22(31)16-8-9-17(24)18(25)12-16)19-20(26)29(23(32)27-21(19)30)13-15-6-4-3-5-7-15/h3-9,12,14H,10-11,13,26H2,1-2H3,(H,27,30,32). The highest BCUT2D eigenvalue weighted by atomic mass is 35.5. The van der Waals surface area contributed by atoms with Crippen molar-refractivity contribution in [2.75, 3.05) is 17.2 Å². The number of benzene rings is 2. The third-order valence-corrected chi connectivity index (χ3v) is 5.75. The molecule has 3 rings (SSSR count). The van der Waals surface area contributed by atoms with Gasteiger partial charge in [0.15, 0.2) is 5.69 Å². The number of hydrogen-bond acceptors (Lipinski definition) is 4. The minimum atomic E-state index is -0.728. The van der Waals surface area contributed by atoms with Crippen LogP contribution in [-0.2, 0) is 6.54 Å². The van der Waals surface area contributed by atoms with Crippen LogP contribution in [0.2, 0.25) is 10.0 Å². The number of nitrogen functional groups attached to an aromatic ring is 1. The maximum Gasteiger partial charge on any atom is 0.330 e. The monoisotopic (exact) mass is 474 g/mol. The molecular weight excluding hydrogens is 451 g/mol. The summed E-state index contributed by atoms with van der Waals surface area (Å²) in [6.07, 6.45) is 0.615. The maximum atomic E-state index is 13.4. The summed E-state index contributed by atoms with van der Waals surface area (Å²) in [4.78, 5) is 42.3. The van der Waals surface area contributed by atoms with E-state index in [1.54, 1.807) is 0 Å². The minimum absolute atomic E-state index is 0.0720. The van der Waals surface area contributed by atoms with E-state index in [0.29, 0.717) is 11.4 Å². The Balaban J connectivity index is 2.12. The molecule has 3 aromatic rings. The summed E-state index contributed by atoms with van der Waals surface area (Å²) in [6.45, 7) is 4.39. The zero-order valence-electron chi connectivity index (χ0n) is 17.8. The van der Waals surface area contributed by atoms with Crippen molar-refractivity contribution < 1.29 is 4.79 Å². The zero-order chi connectivity index (χ0) is 23.4. The molecule has 0 bridgehead atoms. The van der Waals surface area contributed by atoms with Gasteiger partial charge in [-0.05, 0) is 36.1 Å². The van der Waals surface area contributed by atoms with E-state index in [-0.39, 0.29) is 41.1 Å². The Morgan fingerprint density at radius 2 is 1.78 bits per heavy atom. The van der Waals surface area contributed by atoms with Crippen LogP contribution in [0.15, 0.2) is 58.1 Å². The van der Waals surface area contributed by atoms with E-state index in [1.807, 2.05) is 44.2 Å². The third-order valence-electron chi connectivity index (χ3n) is 5.01. The van der Waals surface area contributed by atoms with E-state index in [1.165, 1.54) is 27.7 Å². The van der Waals surface area contributed by atoms with Crippen molar-refractivity contribution in [3.8, 4) is 0 Å². The predicted octanol–water partition coefficient (Wildman–Crippen LogP) is 4.17. The van der Waals surface area contributed by atoms with E-state index in [4.69, 9.17) is 28.9 Å². The molecule has 0 radical (unpaired) electrons. The van der Waals surface area contributed by atoms with Gasteiger partial charge in [-0.2, -0.15) is 0 Å². The van der Waals surface area contributed by atoms with Crippen LogP contribution < -0.4 is 21.9 Å². The van der Waals surface area contributed by atoms with E-state index in [9.17, 15) is 14.4 Å². The lowest BCUT2D eigenvalue weighted by Gasteiger charge is -2.25. The summed E-state index contributed by atoms with van der Waals surface area (Å²) in [5.41, 5.74) is 5.94. The van der Waals surface area contributed by atoms with Crippen LogP contribution in [0.25, 0.3) is 0 Å². The topological polar surface area (TPSA) is 101 Å². The smallest absolute Gasteiger partial charge is 0.330 e. The Bertz CT molecular complexity index is 1240. The van der Waals surface area contributed by atoms with Crippen molar-refractivity contribution in [3.05, 3.63) is 90.5 Å². The second-order valence-electron chi connectivity index (χ2n) is 7.83. The molecule has 1 aromatic heterocycles. The van der Waals surface area contributed by atoms with E-state index < -0.39 is 17.2 Å². The van der Waals surface area contributed by atoms with Crippen LogP contribution in [0.5, 0.6) is 0 Å². The molecule has 9 heteroatoms. The van der Waals surface area contributed by atoms with Gasteiger partial charge in [-0.25, -0.2) is 4.79 Å². The Kier molecular flexibility index (Phi) is 7.43. The van der Waals surface area contributed by atoms with Gasteiger partial charge < -0.3 is 10.6 Å². The first-order chi connectivity index (χ1) is 15.2. The number of amides is 1. The molecule has 0 aliphatic heterocycles. The number of nitrogens with two attached hydrogens (primary N) is 1. The van der Waals surface area contributed by atoms with Crippen LogP contribution in [0, 0.1) is 5.92 Å². The molecule has 0 saturated carbocycles. The van der Waals surface area contributed by atoms with Gasteiger partial charge in [-0.15, -0.1) is 0 Å². The number of aromatic nitrogens is 2. The van der Waals surface area contributed by atoms with Crippen LogP contribution in [-0.4, -0.2) is 22.0 Å². The summed E-state index contributed by atoms with van der Waals surface area (Å²) in [5, 5.41) is 0.531. The molecule has 168 valence electrons. The number of carbonyl (C=O) groups is 1. The van der Waals surface area contributed by atoms with Crippen molar-refractivity contribution in [2.24, 2.45) is 5.92 Å². The van der Waals surface area contributed by atoms with Crippen molar-refractivity contribution in [3.63, 3.8) is 0 Å². The third kappa shape index (κ3) is 5.23. The highest BCUT2D eigenvalue weighted by molar-refractivity contribution is 6.42. The SMILES string of the molecule is CC(C)CCN(C(=O)c1ccc(Cl)c(Cl)c1)c1c(N)n(Cc2ccccc2)c(=O)[nH]c1=O. The lowest BCUT2D eigenvalue weighted by atomic mass is 10.1. The molecule has 0 unspecified atom stereocenters. The second kappa shape index (κ2) is 10.1. The molecule has 0 fully saturated rings. The van der Waals surface area contributed by atoms with Gasteiger partial charge >= 0.3 is 5.69 Å². The van der Waals surface area contributed by atoms with Crippen molar-refractivity contribution >= 4 is 40.6 Å². The first kappa shape index (κ1) is 23.6. The van der Waals surface area contributed by atoms with E-state index >= 15 is 0 Å². The van der Waals surface area contributed by atoms with Gasteiger partial charge in [0.2, 0.25) is 0 Å². The molecule has 0 spiro atoms. The fraction of sp³-hybridized carbons (Fsp3) is 0.261. The number of rotatable bonds is 7. The van der Waals surface area contributed by atoms with Crippen molar-refractivity contribution in [1.82, 2.24) is 9.55 Å². The summed E-state index contributed by atoms with van der Waals surface area (Å²) in [6, 6.07) is 13.7. The number of nitrogens with zero attached hydrogens (tertiary/aromatic N) is 2. The summed E-state index contributed by atoms with van der Waals surface area (Å²) < 4.78 is 1.25. The second-order valence-corrected chi connectivity index (χ2v) is 8.65. The van der Waals surface area contributed by atoms with Gasteiger partial charge in [0.05, 0.1) is 16.6 Å². The summed E-state index contributed by atoms with van der Waals surface area (Å²) >= 11 is 12.1. The predicted molar refractivity (Wildman–Crippen MR) is 129 cm³/mol. The largest absolute Gasteiger partial charge is 0.383 e. The van der Waals surface area contributed by atoms with Crippen molar-refractivity contribution in [1.29, 1.82) is 0 Å². The molecule has 0 aliphatic carbocycles. The quantitative estimate of drug-likeness (QED) is 0.536. The lowest BCUT2D eigenvalue weighted by Crippen LogP contribution is -2.42. The molecule has 0 saturated heterocycles. The average Bonchev–Trinajstić information content (AvgIpc) is 2.75. The number of nitrogens with one attached hydrogen (secondary N) is 1. The maximum absolute atomic E-state index is 13.4. The Hall–Kier alpha value is -3.03.